The van der Waals surface area contributed by atoms with Crippen LogP contribution in [-0.4, -0.2) is 16.6 Å². The van der Waals surface area contributed by atoms with Gasteiger partial charge in [-0.05, 0) is 49.6 Å². The third kappa shape index (κ3) is 3.97. The largest absolute Gasteiger partial charge is 0.349 e. The highest BCUT2D eigenvalue weighted by atomic mass is 32.2. The van der Waals surface area contributed by atoms with E-state index in [9.17, 15) is 4.79 Å². The van der Waals surface area contributed by atoms with Crippen LogP contribution in [0, 0.1) is 13.8 Å². The summed E-state index contributed by atoms with van der Waals surface area (Å²) in [6.07, 6.45) is 0. The summed E-state index contributed by atoms with van der Waals surface area (Å²) in [6, 6.07) is 14.4. The van der Waals surface area contributed by atoms with Crippen molar-refractivity contribution in [3.8, 4) is 0 Å². The average Bonchev–Trinajstić information content (AvgIpc) is 2.98. The van der Waals surface area contributed by atoms with Crippen molar-refractivity contribution >= 4 is 39.2 Å². The zero-order valence-electron chi connectivity index (χ0n) is 14.0. The molecule has 0 radical (unpaired) electrons. The Kier molecular flexibility index (Phi) is 5.21. The molecule has 1 heterocycles. The lowest BCUT2D eigenvalue weighted by Gasteiger charge is -2.15. The van der Waals surface area contributed by atoms with Gasteiger partial charge in [-0.2, -0.15) is 0 Å². The Bertz CT molecular complexity index is 840. The fourth-order valence-corrected chi connectivity index (χ4v) is 4.32. The second-order valence-electron chi connectivity index (χ2n) is 5.87. The van der Waals surface area contributed by atoms with Gasteiger partial charge in [-0.1, -0.05) is 42.1 Å². The number of hydrogen-bond donors (Lipinski definition) is 1. The highest BCUT2D eigenvalue weighted by molar-refractivity contribution is 8.01. The molecule has 3 nitrogen and oxygen atoms in total. The normalized spacial score (nSPS) is 12.3. The van der Waals surface area contributed by atoms with Crippen LogP contribution in [-0.2, 0) is 4.79 Å². The average molecular weight is 357 g/mol. The first kappa shape index (κ1) is 17.0. The SMILES string of the molecule is Cc1ccc(C(C)NC(=O)CSc2nc3ccccc3s2)cc1C. The summed E-state index contributed by atoms with van der Waals surface area (Å²) < 4.78 is 2.09. The zero-order valence-corrected chi connectivity index (χ0v) is 15.6. The summed E-state index contributed by atoms with van der Waals surface area (Å²) in [6.45, 7) is 6.21. The molecule has 0 aliphatic heterocycles. The predicted molar refractivity (Wildman–Crippen MR) is 103 cm³/mol. The van der Waals surface area contributed by atoms with E-state index in [1.807, 2.05) is 25.1 Å². The van der Waals surface area contributed by atoms with Crippen LogP contribution in [0.25, 0.3) is 10.2 Å². The summed E-state index contributed by atoms with van der Waals surface area (Å²) >= 11 is 3.12. The number of para-hydroxylation sites is 1. The number of nitrogens with zero attached hydrogens (tertiary/aromatic N) is 1. The van der Waals surface area contributed by atoms with Gasteiger partial charge in [0.05, 0.1) is 22.0 Å². The molecule has 24 heavy (non-hydrogen) atoms. The van der Waals surface area contributed by atoms with Gasteiger partial charge in [-0.15, -0.1) is 11.3 Å². The molecule has 124 valence electrons. The number of thioether (sulfide) groups is 1. The van der Waals surface area contributed by atoms with Crippen molar-refractivity contribution in [3.05, 3.63) is 59.2 Å². The van der Waals surface area contributed by atoms with Crippen LogP contribution in [0.3, 0.4) is 0 Å². The van der Waals surface area contributed by atoms with Gasteiger partial charge in [-0.25, -0.2) is 4.98 Å². The number of carbonyl (C=O) groups excluding carboxylic acids is 1. The van der Waals surface area contributed by atoms with Gasteiger partial charge in [0.25, 0.3) is 0 Å². The number of fused-ring (bicyclic) bond motifs is 1. The Morgan fingerprint density at radius 3 is 2.75 bits per heavy atom. The lowest BCUT2D eigenvalue weighted by molar-refractivity contribution is -0.119. The number of benzene rings is 2. The standard InChI is InChI=1S/C19H20N2OS2/c1-12-8-9-15(10-13(12)2)14(3)20-18(22)11-23-19-21-16-6-4-5-7-17(16)24-19/h4-10,14H,11H2,1-3H3,(H,20,22). The first-order valence-electron chi connectivity index (χ1n) is 7.88. The van der Waals surface area contributed by atoms with Crippen molar-refractivity contribution in [3.63, 3.8) is 0 Å². The second kappa shape index (κ2) is 7.36. The minimum absolute atomic E-state index is 0.00719. The smallest absolute Gasteiger partial charge is 0.230 e. The van der Waals surface area contributed by atoms with Gasteiger partial charge < -0.3 is 5.32 Å². The first-order valence-corrected chi connectivity index (χ1v) is 9.68. The summed E-state index contributed by atoms with van der Waals surface area (Å²) in [5.74, 6) is 0.416. The lowest BCUT2D eigenvalue weighted by Crippen LogP contribution is -2.28. The van der Waals surface area contributed by atoms with Crippen molar-refractivity contribution in [2.24, 2.45) is 0 Å². The highest BCUT2D eigenvalue weighted by Crippen LogP contribution is 2.29. The maximum atomic E-state index is 12.2. The van der Waals surface area contributed by atoms with Crippen LogP contribution in [0.5, 0.6) is 0 Å². The van der Waals surface area contributed by atoms with E-state index in [1.54, 1.807) is 11.3 Å². The molecular formula is C19H20N2OS2. The lowest BCUT2D eigenvalue weighted by atomic mass is 10.0. The Morgan fingerprint density at radius 1 is 1.21 bits per heavy atom. The molecule has 0 bridgehead atoms. The van der Waals surface area contributed by atoms with E-state index in [0.717, 1.165) is 20.1 Å². The second-order valence-corrected chi connectivity index (χ2v) is 8.12. The molecule has 0 aliphatic rings. The van der Waals surface area contributed by atoms with Crippen LogP contribution in [0.15, 0.2) is 46.8 Å². The van der Waals surface area contributed by atoms with E-state index in [1.165, 1.54) is 22.9 Å². The van der Waals surface area contributed by atoms with Gasteiger partial charge in [0, 0.05) is 0 Å². The van der Waals surface area contributed by atoms with Crippen molar-refractivity contribution in [1.29, 1.82) is 0 Å². The van der Waals surface area contributed by atoms with E-state index in [2.05, 4.69) is 48.4 Å². The van der Waals surface area contributed by atoms with Gasteiger partial charge >= 0.3 is 0 Å². The first-order chi connectivity index (χ1) is 11.5. The van der Waals surface area contributed by atoms with Gasteiger partial charge in [0.15, 0.2) is 4.34 Å². The third-order valence-corrected chi connectivity index (χ3v) is 6.19. The maximum absolute atomic E-state index is 12.2. The van der Waals surface area contributed by atoms with E-state index in [-0.39, 0.29) is 11.9 Å². The van der Waals surface area contributed by atoms with Gasteiger partial charge in [0.1, 0.15) is 0 Å². The van der Waals surface area contributed by atoms with Crippen molar-refractivity contribution in [1.82, 2.24) is 10.3 Å². The zero-order chi connectivity index (χ0) is 17.1. The number of aryl methyl sites for hydroxylation is 2. The summed E-state index contributed by atoms with van der Waals surface area (Å²) in [5, 5.41) is 3.06. The number of amides is 1. The molecule has 2 aromatic carbocycles. The van der Waals surface area contributed by atoms with Gasteiger partial charge in [0.2, 0.25) is 5.91 Å². The Hall–Kier alpha value is -1.85. The molecule has 1 N–H and O–H groups in total. The molecule has 0 fully saturated rings. The molecule has 0 spiro atoms. The molecule has 1 atom stereocenters. The quantitative estimate of drug-likeness (QED) is 0.662. The summed E-state index contributed by atoms with van der Waals surface area (Å²) in [7, 11) is 0. The molecular weight excluding hydrogens is 336 g/mol. The molecule has 0 saturated carbocycles. The molecule has 0 saturated heterocycles. The summed E-state index contributed by atoms with van der Waals surface area (Å²) in [4.78, 5) is 16.8. The van der Waals surface area contributed by atoms with Crippen LogP contribution < -0.4 is 5.32 Å². The van der Waals surface area contributed by atoms with Crippen molar-refractivity contribution in [2.45, 2.75) is 31.2 Å². The molecule has 3 rings (SSSR count). The molecule has 5 heteroatoms. The molecule has 3 aromatic rings. The highest BCUT2D eigenvalue weighted by Gasteiger charge is 2.12. The van der Waals surface area contributed by atoms with E-state index in [0.29, 0.717) is 5.75 Å². The molecule has 1 amide bonds. The fourth-order valence-electron chi connectivity index (χ4n) is 2.44. The van der Waals surface area contributed by atoms with Crippen molar-refractivity contribution in [2.75, 3.05) is 5.75 Å². The number of carbonyl (C=O) groups is 1. The number of hydrogen-bond acceptors (Lipinski definition) is 4. The summed E-state index contributed by atoms with van der Waals surface area (Å²) in [5.41, 5.74) is 4.64. The van der Waals surface area contributed by atoms with E-state index in [4.69, 9.17) is 0 Å². The Morgan fingerprint density at radius 2 is 2.00 bits per heavy atom. The number of thiazole rings is 1. The number of nitrogens with one attached hydrogen (secondary N) is 1. The number of aromatic nitrogens is 1. The minimum Gasteiger partial charge on any atom is -0.349 e. The van der Waals surface area contributed by atoms with Crippen molar-refractivity contribution < 1.29 is 4.79 Å². The molecule has 0 aliphatic carbocycles. The topological polar surface area (TPSA) is 42.0 Å². The maximum Gasteiger partial charge on any atom is 0.230 e. The Balaban J connectivity index is 1.57. The predicted octanol–water partition coefficient (Wildman–Crippen LogP) is 4.88. The van der Waals surface area contributed by atoms with Crippen LogP contribution in [0.1, 0.15) is 29.7 Å². The third-order valence-electron chi connectivity index (χ3n) is 4.01. The Labute approximate surface area is 150 Å². The monoisotopic (exact) mass is 356 g/mol. The van der Waals surface area contributed by atoms with Crippen LogP contribution in [0.4, 0.5) is 0 Å². The minimum atomic E-state index is 0.00719. The fraction of sp³-hybridized carbons (Fsp3) is 0.263. The number of rotatable bonds is 5. The van der Waals surface area contributed by atoms with E-state index < -0.39 is 0 Å². The molecule has 1 unspecified atom stereocenters. The van der Waals surface area contributed by atoms with Crippen LogP contribution >= 0.6 is 23.1 Å². The van der Waals surface area contributed by atoms with E-state index >= 15 is 0 Å². The van der Waals surface area contributed by atoms with Gasteiger partial charge in [-0.3, -0.25) is 4.79 Å². The molecule has 1 aromatic heterocycles. The van der Waals surface area contributed by atoms with Crippen LogP contribution in [0.2, 0.25) is 0 Å².